The molecule has 2 heteroatoms. The molecule has 0 amide bonds. The van der Waals surface area contributed by atoms with Crippen molar-refractivity contribution in [2.75, 3.05) is 0 Å². The van der Waals surface area contributed by atoms with Crippen molar-refractivity contribution in [1.82, 2.24) is 0 Å². The van der Waals surface area contributed by atoms with Gasteiger partial charge in [-0.25, -0.2) is 0 Å². The SMILES string of the molecule is CCCCCC(CC)(CC)C(CCCC)C(=O)O. The monoisotopic (exact) mass is 256 g/mol. The van der Waals surface area contributed by atoms with E-state index in [1.54, 1.807) is 0 Å². The average Bonchev–Trinajstić information content (AvgIpc) is 2.37. The molecule has 0 saturated heterocycles. The fraction of sp³-hybridized carbons (Fsp3) is 0.938. The van der Waals surface area contributed by atoms with Gasteiger partial charge in [0.1, 0.15) is 0 Å². The molecule has 0 aromatic carbocycles. The van der Waals surface area contributed by atoms with E-state index in [0.29, 0.717) is 0 Å². The lowest BCUT2D eigenvalue weighted by molar-refractivity contribution is -0.148. The molecule has 0 fully saturated rings. The van der Waals surface area contributed by atoms with Crippen LogP contribution in [0.3, 0.4) is 0 Å². The van der Waals surface area contributed by atoms with Crippen LogP contribution in [0.2, 0.25) is 0 Å². The Morgan fingerprint density at radius 2 is 1.56 bits per heavy atom. The smallest absolute Gasteiger partial charge is 0.307 e. The minimum absolute atomic E-state index is 0.0240. The highest BCUT2D eigenvalue weighted by atomic mass is 16.4. The summed E-state index contributed by atoms with van der Waals surface area (Å²) in [5.74, 6) is -0.729. The molecular weight excluding hydrogens is 224 g/mol. The predicted molar refractivity (Wildman–Crippen MR) is 77.8 cm³/mol. The van der Waals surface area contributed by atoms with Gasteiger partial charge in [0, 0.05) is 0 Å². The van der Waals surface area contributed by atoms with Crippen LogP contribution in [-0.4, -0.2) is 11.1 Å². The Balaban J connectivity index is 4.80. The molecule has 1 unspecified atom stereocenters. The molecule has 0 aliphatic rings. The zero-order chi connectivity index (χ0) is 14.0. The normalized spacial score (nSPS) is 13.6. The van der Waals surface area contributed by atoms with Gasteiger partial charge in [-0.1, -0.05) is 59.8 Å². The summed E-state index contributed by atoms with van der Waals surface area (Å²) in [6.07, 6.45) is 9.64. The molecule has 0 aromatic heterocycles. The van der Waals surface area contributed by atoms with Crippen molar-refractivity contribution in [3.05, 3.63) is 0 Å². The van der Waals surface area contributed by atoms with Gasteiger partial charge in [0.15, 0.2) is 0 Å². The summed E-state index contributed by atoms with van der Waals surface area (Å²) < 4.78 is 0. The van der Waals surface area contributed by atoms with Gasteiger partial charge in [-0.05, 0) is 31.1 Å². The number of hydrogen-bond acceptors (Lipinski definition) is 1. The van der Waals surface area contributed by atoms with Crippen LogP contribution >= 0.6 is 0 Å². The zero-order valence-electron chi connectivity index (χ0n) is 12.8. The molecule has 0 bridgehead atoms. The first-order valence-corrected chi connectivity index (χ1v) is 7.80. The maximum Gasteiger partial charge on any atom is 0.307 e. The molecule has 0 saturated carbocycles. The number of unbranched alkanes of at least 4 members (excludes halogenated alkanes) is 3. The summed E-state index contributed by atoms with van der Waals surface area (Å²) in [6, 6.07) is 0. The van der Waals surface area contributed by atoms with Crippen molar-refractivity contribution in [3.8, 4) is 0 Å². The molecule has 108 valence electrons. The Morgan fingerprint density at radius 1 is 1.00 bits per heavy atom. The molecule has 0 aliphatic heterocycles. The van der Waals surface area contributed by atoms with Gasteiger partial charge in [-0.15, -0.1) is 0 Å². The van der Waals surface area contributed by atoms with E-state index in [1.807, 2.05) is 0 Å². The second-order valence-electron chi connectivity index (χ2n) is 5.56. The van der Waals surface area contributed by atoms with Crippen LogP contribution in [-0.2, 0) is 4.79 Å². The number of carbonyl (C=O) groups is 1. The Morgan fingerprint density at radius 3 is 1.94 bits per heavy atom. The Kier molecular flexibility index (Phi) is 9.13. The van der Waals surface area contributed by atoms with E-state index in [4.69, 9.17) is 0 Å². The molecule has 1 atom stereocenters. The lowest BCUT2D eigenvalue weighted by atomic mass is 9.66. The minimum atomic E-state index is -0.580. The van der Waals surface area contributed by atoms with Crippen molar-refractivity contribution in [1.29, 1.82) is 0 Å². The van der Waals surface area contributed by atoms with Gasteiger partial charge in [-0.2, -0.15) is 0 Å². The molecule has 0 aliphatic carbocycles. The van der Waals surface area contributed by atoms with Crippen LogP contribution in [0.25, 0.3) is 0 Å². The number of carboxylic acids is 1. The van der Waals surface area contributed by atoms with Crippen LogP contribution in [0.5, 0.6) is 0 Å². The molecule has 0 rings (SSSR count). The topological polar surface area (TPSA) is 37.3 Å². The lowest BCUT2D eigenvalue weighted by Gasteiger charge is -2.38. The van der Waals surface area contributed by atoms with E-state index in [1.165, 1.54) is 19.3 Å². The van der Waals surface area contributed by atoms with E-state index in [9.17, 15) is 9.90 Å². The van der Waals surface area contributed by atoms with Crippen LogP contribution in [0.15, 0.2) is 0 Å². The second-order valence-corrected chi connectivity index (χ2v) is 5.56. The van der Waals surface area contributed by atoms with Crippen molar-refractivity contribution in [2.45, 2.75) is 85.5 Å². The van der Waals surface area contributed by atoms with Crippen LogP contribution in [0.4, 0.5) is 0 Å². The molecule has 0 heterocycles. The molecule has 0 aromatic rings. The maximum absolute atomic E-state index is 11.6. The fourth-order valence-electron chi connectivity index (χ4n) is 3.10. The summed E-state index contributed by atoms with van der Waals surface area (Å²) in [7, 11) is 0. The van der Waals surface area contributed by atoms with Crippen LogP contribution in [0, 0.1) is 11.3 Å². The Bertz CT molecular complexity index is 219. The second kappa shape index (κ2) is 9.41. The van der Waals surface area contributed by atoms with Gasteiger partial charge in [0.25, 0.3) is 0 Å². The van der Waals surface area contributed by atoms with E-state index < -0.39 is 5.97 Å². The molecule has 2 nitrogen and oxygen atoms in total. The van der Waals surface area contributed by atoms with Gasteiger partial charge < -0.3 is 5.11 Å². The first kappa shape index (κ1) is 17.5. The molecule has 18 heavy (non-hydrogen) atoms. The van der Waals surface area contributed by atoms with E-state index in [-0.39, 0.29) is 11.3 Å². The highest BCUT2D eigenvalue weighted by Gasteiger charge is 2.39. The number of hydrogen-bond donors (Lipinski definition) is 1. The zero-order valence-corrected chi connectivity index (χ0v) is 12.8. The average molecular weight is 256 g/mol. The van der Waals surface area contributed by atoms with E-state index in [2.05, 4.69) is 27.7 Å². The summed E-state index contributed by atoms with van der Waals surface area (Å²) in [6.45, 7) is 8.66. The quantitative estimate of drug-likeness (QED) is 0.512. The third-order valence-corrected chi connectivity index (χ3v) is 4.57. The van der Waals surface area contributed by atoms with Crippen LogP contribution in [0.1, 0.15) is 85.5 Å². The molecule has 1 N–H and O–H groups in total. The number of aliphatic carboxylic acids is 1. The third kappa shape index (κ3) is 4.99. The first-order valence-electron chi connectivity index (χ1n) is 7.80. The standard InChI is InChI=1S/C16H32O2/c1-5-9-11-13-16(7-3,8-4)14(15(17)18)12-10-6-2/h14H,5-13H2,1-4H3,(H,17,18). The van der Waals surface area contributed by atoms with Crippen LogP contribution < -0.4 is 0 Å². The summed E-state index contributed by atoms with van der Waals surface area (Å²) in [4.78, 5) is 11.6. The van der Waals surface area contributed by atoms with Gasteiger partial charge >= 0.3 is 5.97 Å². The Labute approximate surface area is 113 Å². The fourth-order valence-corrected chi connectivity index (χ4v) is 3.10. The van der Waals surface area contributed by atoms with Gasteiger partial charge in [-0.3, -0.25) is 4.79 Å². The number of rotatable bonds is 11. The van der Waals surface area contributed by atoms with E-state index in [0.717, 1.165) is 38.5 Å². The molecular formula is C16H32O2. The highest BCUT2D eigenvalue weighted by molar-refractivity contribution is 5.71. The maximum atomic E-state index is 11.6. The first-order chi connectivity index (χ1) is 8.57. The van der Waals surface area contributed by atoms with E-state index >= 15 is 0 Å². The van der Waals surface area contributed by atoms with Gasteiger partial charge in [0.05, 0.1) is 5.92 Å². The summed E-state index contributed by atoms with van der Waals surface area (Å²) >= 11 is 0. The highest BCUT2D eigenvalue weighted by Crippen LogP contribution is 2.43. The van der Waals surface area contributed by atoms with Crippen molar-refractivity contribution < 1.29 is 9.90 Å². The van der Waals surface area contributed by atoms with Crippen molar-refractivity contribution in [3.63, 3.8) is 0 Å². The minimum Gasteiger partial charge on any atom is -0.481 e. The van der Waals surface area contributed by atoms with Crippen molar-refractivity contribution in [2.24, 2.45) is 11.3 Å². The summed E-state index contributed by atoms with van der Waals surface area (Å²) in [5.41, 5.74) is 0.0240. The van der Waals surface area contributed by atoms with Gasteiger partial charge in [0.2, 0.25) is 0 Å². The Hall–Kier alpha value is -0.530. The summed E-state index contributed by atoms with van der Waals surface area (Å²) in [5, 5.41) is 9.55. The lowest BCUT2D eigenvalue weighted by Crippen LogP contribution is -2.35. The molecule has 0 radical (unpaired) electrons. The predicted octanol–water partition coefficient (Wildman–Crippen LogP) is 5.26. The number of carboxylic acid groups (broad SMARTS) is 1. The third-order valence-electron chi connectivity index (χ3n) is 4.57. The van der Waals surface area contributed by atoms with Crippen molar-refractivity contribution >= 4 is 5.97 Å². The largest absolute Gasteiger partial charge is 0.481 e. The molecule has 0 spiro atoms.